The van der Waals surface area contributed by atoms with Crippen molar-refractivity contribution in [3.63, 3.8) is 0 Å². The second kappa shape index (κ2) is 8.67. The first-order chi connectivity index (χ1) is 13.8. The van der Waals surface area contributed by atoms with Crippen LogP contribution in [0.2, 0.25) is 0 Å². The third-order valence-corrected chi connectivity index (χ3v) is 4.95. The zero-order chi connectivity index (χ0) is 19.2. The molecule has 2 aromatic heterocycles. The normalized spacial score (nSPS) is 14.8. The Labute approximate surface area is 163 Å². The van der Waals surface area contributed by atoms with Crippen molar-refractivity contribution < 1.29 is 9.32 Å². The largest absolute Gasteiger partial charge is 0.371 e. The molecule has 1 saturated heterocycles. The molecule has 144 valence electrons. The lowest BCUT2D eigenvalue weighted by atomic mass is 10.0. The standard InChI is InChI=1S/C21H23N5O2/c27-21(16-3-2-9-22-14-16)24-18-4-1-5-20(13-18)26-10-6-17(7-11-26)23-15-19-8-12-28-25-19/h1-5,8-9,12-14,17,23H,6-7,10-11,15H2,(H,24,27). The van der Waals surface area contributed by atoms with E-state index in [-0.39, 0.29) is 5.91 Å². The Balaban J connectivity index is 1.31. The minimum Gasteiger partial charge on any atom is -0.371 e. The van der Waals surface area contributed by atoms with Crippen molar-refractivity contribution in [3.8, 4) is 0 Å². The highest BCUT2D eigenvalue weighted by Gasteiger charge is 2.19. The molecule has 2 N–H and O–H groups in total. The number of nitrogens with one attached hydrogen (secondary N) is 2. The Morgan fingerprint density at radius 2 is 2.07 bits per heavy atom. The molecule has 4 rings (SSSR count). The van der Waals surface area contributed by atoms with Crippen molar-refractivity contribution in [3.05, 3.63) is 72.4 Å². The van der Waals surface area contributed by atoms with Gasteiger partial charge < -0.3 is 20.1 Å². The smallest absolute Gasteiger partial charge is 0.257 e. The van der Waals surface area contributed by atoms with E-state index in [1.165, 1.54) is 0 Å². The van der Waals surface area contributed by atoms with Gasteiger partial charge in [-0.05, 0) is 43.2 Å². The van der Waals surface area contributed by atoms with Crippen molar-refractivity contribution in [2.45, 2.75) is 25.4 Å². The van der Waals surface area contributed by atoms with Crippen LogP contribution in [0.4, 0.5) is 11.4 Å². The van der Waals surface area contributed by atoms with E-state index in [0.29, 0.717) is 11.6 Å². The predicted molar refractivity (Wildman–Crippen MR) is 107 cm³/mol. The molecule has 1 aliphatic heterocycles. The van der Waals surface area contributed by atoms with Gasteiger partial charge in [0, 0.05) is 55.5 Å². The van der Waals surface area contributed by atoms with Crippen molar-refractivity contribution in [1.82, 2.24) is 15.5 Å². The zero-order valence-corrected chi connectivity index (χ0v) is 15.5. The molecule has 7 nitrogen and oxygen atoms in total. The molecular weight excluding hydrogens is 354 g/mol. The minimum atomic E-state index is -0.152. The Kier molecular flexibility index (Phi) is 5.63. The average molecular weight is 377 g/mol. The van der Waals surface area contributed by atoms with Crippen molar-refractivity contribution in [2.24, 2.45) is 0 Å². The number of hydrogen-bond donors (Lipinski definition) is 2. The van der Waals surface area contributed by atoms with Gasteiger partial charge in [0.1, 0.15) is 6.26 Å². The fourth-order valence-corrected chi connectivity index (χ4v) is 3.40. The Morgan fingerprint density at radius 1 is 1.18 bits per heavy atom. The van der Waals surface area contributed by atoms with Crippen LogP contribution >= 0.6 is 0 Å². The summed E-state index contributed by atoms with van der Waals surface area (Å²) in [5, 5.41) is 10.4. The molecule has 0 unspecified atom stereocenters. The summed E-state index contributed by atoms with van der Waals surface area (Å²) in [5.74, 6) is -0.152. The number of hydrogen-bond acceptors (Lipinski definition) is 6. The second-order valence-electron chi connectivity index (χ2n) is 6.88. The first-order valence-corrected chi connectivity index (χ1v) is 9.47. The number of anilines is 2. The van der Waals surface area contributed by atoms with Gasteiger partial charge in [-0.15, -0.1) is 0 Å². The molecule has 3 heterocycles. The van der Waals surface area contributed by atoms with E-state index in [2.05, 4.69) is 31.7 Å². The Morgan fingerprint density at radius 3 is 2.82 bits per heavy atom. The fourth-order valence-electron chi connectivity index (χ4n) is 3.40. The number of carbonyl (C=O) groups is 1. The summed E-state index contributed by atoms with van der Waals surface area (Å²) in [6.07, 6.45) is 6.94. The molecule has 28 heavy (non-hydrogen) atoms. The van der Waals surface area contributed by atoms with Crippen LogP contribution < -0.4 is 15.5 Å². The number of pyridine rings is 1. The highest BCUT2D eigenvalue weighted by atomic mass is 16.5. The molecule has 7 heteroatoms. The number of benzene rings is 1. The highest BCUT2D eigenvalue weighted by Crippen LogP contribution is 2.23. The van der Waals surface area contributed by atoms with Crippen molar-refractivity contribution in [2.75, 3.05) is 23.3 Å². The predicted octanol–water partition coefficient (Wildman–Crippen LogP) is 3.08. The summed E-state index contributed by atoms with van der Waals surface area (Å²) in [7, 11) is 0. The molecule has 1 aromatic carbocycles. The van der Waals surface area contributed by atoms with Crippen LogP contribution in [0, 0.1) is 0 Å². The Bertz CT molecular complexity index is 890. The van der Waals surface area contributed by atoms with E-state index in [1.807, 2.05) is 24.3 Å². The first kappa shape index (κ1) is 18.2. The molecular formula is C21H23N5O2. The summed E-state index contributed by atoms with van der Waals surface area (Å²) >= 11 is 0. The lowest BCUT2D eigenvalue weighted by Gasteiger charge is -2.34. The summed E-state index contributed by atoms with van der Waals surface area (Å²) in [6, 6.07) is 13.9. The van der Waals surface area contributed by atoms with E-state index >= 15 is 0 Å². The van der Waals surface area contributed by atoms with Crippen LogP contribution in [0.15, 0.2) is 65.6 Å². The number of nitrogens with zero attached hydrogens (tertiary/aromatic N) is 3. The maximum atomic E-state index is 12.3. The summed E-state index contributed by atoms with van der Waals surface area (Å²) in [4.78, 5) is 18.7. The first-order valence-electron chi connectivity index (χ1n) is 9.47. The quantitative estimate of drug-likeness (QED) is 0.687. The van der Waals surface area contributed by atoms with Crippen LogP contribution in [0.25, 0.3) is 0 Å². The summed E-state index contributed by atoms with van der Waals surface area (Å²) in [5.41, 5.74) is 3.39. The zero-order valence-electron chi connectivity index (χ0n) is 15.5. The van der Waals surface area contributed by atoms with Crippen LogP contribution in [0.1, 0.15) is 28.9 Å². The van der Waals surface area contributed by atoms with Gasteiger partial charge in [0.2, 0.25) is 0 Å². The van der Waals surface area contributed by atoms with Gasteiger partial charge in [-0.25, -0.2) is 0 Å². The molecule has 1 aliphatic rings. The highest BCUT2D eigenvalue weighted by molar-refractivity contribution is 6.04. The number of piperidine rings is 1. The van der Waals surface area contributed by atoms with Crippen molar-refractivity contribution in [1.29, 1.82) is 0 Å². The maximum Gasteiger partial charge on any atom is 0.257 e. The topological polar surface area (TPSA) is 83.3 Å². The van der Waals surface area contributed by atoms with E-state index in [9.17, 15) is 4.79 Å². The molecule has 1 fully saturated rings. The fraction of sp³-hybridized carbons (Fsp3) is 0.286. The SMILES string of the molecule is O=C(Nc1cccc(N2CCC(NCc3ccon3)CC2)c1)c1cccnc1. The van der Waals surface area contributed by atoms with E-state index in [4.69, 9.17) is 4.52 Å². The maximum absolute atomic E-state index is 12.3. The van der Waals surface area contributed by atoms with Crippen LogP contribution in [-0.2, 0) is 6.54 Å². The van der Waals surface area contributed by atoms with Gasteiger partial charge in [-0.1, -0.05) is 11.2 Å². The molecule has 1 amide bonds. The molecule has 0 aliphatic carbocycles. The van der Waals surface area contributed by atoms with Crippen LogP contribution in [-0.4, -0.2) is 35.2 Å². The Hall–Kier alpha value is -3.19. The van der Waals surface area contributed by atoms with E-state index < -0.39 is 0 Å². The molecule has 0 saturated carbocycles. The summed E-state index contributed by atoms with van der Waals surface area (Å²) in [6.45, 7) is 2.67. The molecule has 0 atom stereocenters. The number of carbonyl (C=O) groups excluding carboxylic acids is 1. The molecule has 0 spiro atoms. The van der Waals surface area contributed by atoms with Crippen LogP contribution in [0.5, 0.6) is 0 Å². The van der Waals surface area contributed by atoms with Gasteiger partial charge in [-0.3, -0.25) is 9.78 Å². The number of amides is 1. The lowest BCUT2D eigenvalue weighted by Crippen LogP contribution is -2.42. The van der Waals surface area contributed by atoms with Gasteiger partial charge in [0.25, 0.3) is 5.91 Å². The minimum absolute atomic E-state index is 0.152. The van der Waals surface area contributed by atoms with Gasteiger partial charge in [0.05, 0.1) is 11.3 Å². The average Bonchev–Trinajstić information content (AvgIpc) is 3.27. The third-order valence-electron chi connectivity index (χ3n) is 4.95. The van der Waals surface area contributed by atoms with Crippen molar-refractivity contribution >= 4 is 17.3 Å². The second-order valence-corrected chi connectivity index (χ2v) is 6.88. The molecule has 0 radical (unpaired) electrons. The lowest BCUT2D eigenvalue weighted by molar-refractivity contribution is 0.102. The number of rotatable bonds is 6. The third kappa shape index (κ3) is 4.55. The van der Waals surface area contributed by atoms with Gasteiger partial charge >= 0.3 is 0 Å². The van der Waals surface area contributed by atoms with Gasteiger partial charge in [-0.2, -0.15) is 0 Å². The van der Waals surface area contributed by atoms with E-state index in [0.717, 1.165) is 49.5 Å². The summed E-state index contributed by atoms with van der Waals surface area (Å²) < 4.78 is 4.86. The van der Waals surface area contributed by atoms with E-state index in [1.54, 1.807) is 30.8 Å². The molecule has 0 bridgehead atoms. The molecule has 3 aromatic rings. The van der Waals surface area contributed by atoms with Gasteiger partial charge in [0.15, 0.2) is 0 Å². The van der Waals surface area contributed by atoms with Crippen LogP contribution in [0.3, 0.4) is 0 Å². The monoisotopic (exact) mass is 377 g/mol. The number of aromatic nitrogens is 2.